The van der Waals surface area contributed by atoms with Gasteiger partial charge in [0.15, 0.2) is 0 Å². The molecule has 0 fully saturated rings. The van der Waals surface area contributed by atoms with E-state index in [9.17, 15) is 9.59 Å². The summed E-state index contributed by atoms with van der Waals surface area (Å²) in [5.74, 6) is 4.23. The molecule has 0 aromatic carbocycles. The van der Waals surface area contributed by atoms with Gasteiger partial charge in [0.25, 0.3) is 5.91 Å². The van der Waals surface area contributed by atoms with Crippen LogP contribution in [0.2, 0.25) is 0 Å². The molecule has 0 aliphatic rings. The molecule has 94 valence electrons. The maximum atomic E-state index is 11.7. The molecule has 0 heterocycles. The van der Waals surface area contributed by atoms with Gasteiger partial charge < -0.3 is 5.32 Å². The SMILES string of the molecule is CCCC(NN)C(=O)C(=O)NC(CC)CC. The van der Waals surface area contributed by atoms with E-state index in [0.29, 0.717) is 6.42 Å². The van der Waals surface area contributed by atoms with E-state index >= 15 is 0 Å². The summed E-state index contributed by atoms with van der Waals surface area (Å²) in [5.41, 5.74) is 2.38. The van der Waals surface area contributed by atoms with Gasteiger partial charge in [-0.05, 0) is 19.3 Å². The van der Waals surface area contributed by atoms with E-state index in [2.05, 4.69) is 10.7 Å². The number of ketones is 1. The molecular formula is C11H23N3O2. The second-order valence-corrected chi connectivity index (χ2v) is 3.86. The Kier molecular flexibility index (Phi) is 7.76. The Labute approximate surface area is 97.1 Å². The van der Waals surface area contributed by atoms with Crippen LogP contribution < -0.4 is 16.6 Å². The molecule has 5 heteroatoms. The van der Waals surface area contributed by atoms with Crippen LogP contribution in [0.1, 0.15) is 46.5 Å². The fraction of sp³-hybridized carbons (Fsp3) is 0.818. The van der Waals surface area contributed by atoms with Gasteiger partial charge in [-0.3, -0.25) is 15.4 Å². The van der Waals surface area contributed by atoms with Gasteiger partial charge in [0.1, 0.15) is 0 Å². The van der Waals surface area contributed by atoms with Crippen LogP contribution in [0, 0.1) is 0 Å². The van der Waals surface area contributed by atoms with Gasteiger partial charge in [0.2, 0.25) is 5.78 Å². The highest BCUT2D eigenvalue weighted by Crippen LogP contribution is 2.00. The van der Waals surface area contributed by atoms with Crippen molar-refractivity contribution in [2.75, 3.05) is 0 Å². The fourth-order valence-corrected chi connectivity index (χ4v) is 1.49. The normalized spacial score (nSPS) is 12.6. The van der Waals surface area contributed by atoms with E-state index in [1.165, 1.54) is 0 Å². The summed E-state index contributed by atoms with van der Waals surface area (Å²) < 4.78 is 0. The third kappa shape index (κ3) is 4.72. The summed E-state index contributed by atoms with van der Waals surface area (Å²) in [7, 11) is 0. The Morgan fingerprint density at radius 3 is 2.12 bits per heavy atom. The number of amides is 1. The summed E-state index contributed by atoms with van der Waals surface area (Å²) in [6, 6.07) is -0.504. The molecule has 0 bridgehead atoms. The standard InChI is InChI=1S/C11H23N3O2/c1-4-7-9(14-12)10(15)11(16)13-8(5-2)6-3/h8-9,14H,4-7,12H2,1-3H3,(H,13,16). The van der Waals surface area contributed by atoms with E-state index in [1.807, 2.05) is 20.8 Å². The van der Waals surface area contributed by atoms with Gasteiger partial charge in [-0.2, -0.15) is 0 Å². The number of carbonyl (C=O) groups excluding carboxylic acids is 2. The average Bonchev–Trinajstić information content (AvgIpc) is 2.31. The number of nitrogens with one attached hydrogen (secondary N) is 2. The Hall–Kier alpha value is -0.940. The van der Waals surface area contributed by atoms with Gasteiger partial charge in [-0.1, -0.05) is 27.2 Å². The Balaban J connectivity index is 4.30. The second-order valence-electron chi connectivity index (χ2n) is 3.86. The first-order valence-corrected chi connectivity index (χ1v) is 5.91. The van der Waals surface area contributed by atoms with Crippen molar-refractivity contribution in [2.45, 2.75) is 58.5 Å². The highest BCUT2D eigenvalue weighted by atomic mass is 16.2. The van der Waals surface area contributed by atoms with Crippen LogP contribution in [0.25, 0.3) is 0 Å². The molecule has 1 unspecified atom stereocenters. The third-order valence-corrected chi connectivity index (χ3v) is 2.64. The first-order chi connectivity index (χ1) is 7.60. The molecule has 0 aliphatic heterocycles. The Bertz CT molecular complexity index is 227. The highest BCUT2D eigenvalue weighted by molar-refractivity contribution is 6.38. The highest BCUT2D eigenvalue weighted by Gasteiger charge is 2.24. The minimum absolute atomic E-state index is 0.0662. The quantitative estimate of drug-likeness (QED) is 0.321. The lowest BCUT2D eigenvalue weighted by atomic mass is 10.1. The van der Waals surface area contributed by atoms with Crippen LogP contribution in [0.5, 0.6) is 0 Å². The van der Waals surface area contributed by atoms with Gasteiger partial charge in [-0.15, -0.1) is 0 Å². The molecule has 0 saturated heterocycles. The van der Waals surface area contributed by atoms with Crippen molar-refractivity contribution in [2.24, 2.45) is 5.84 Å². The van der Waals surface area contributed by atoms with Crippen molar-refractivity contribution in [1.29, 1.82) is 0 Å². The minimum Gasteiger partial charge on any atom is -0.347 e. The monoisotopic (exact) mass is 229 g/mol. The zero-order chi connectivity index (χ0) is 12.6. The second kappa shape index (κ2) is 8.24. The summed E-state index contributed by atoms with van der Waals surface area (Å²) in [4.78, 5) is 23.3. The summed E-state index contributed by atoms with van der Waals surface area (Å²) in [6.07, 6.45) is 3.03. The first-order valence-electron chi connectivity index (χ1n) is 5.91. The maximum Gasteiger partial charge on any atom is 0.289 e. The van der Waals surface area contributed by atoms with Crippen LogP contribution in [0.3, 0.4) is 0 Å². The lowest BCUT2D eigenvalue weighted by Gasteiger charge is -2.17. The number of carbonyl (C=O) groups is 2. The number of rotatable bonds is 8. The van der Waals surface area contributed by atoms with Crippen LogP contribution >= 0.6 is 0 Å². The molecule has 0 aromatic rings. The molecular weight excluding hydrogens is 206 g/mol. The molecule has 1 atom stereocenters. The maximum absolute atomic E-state index is 11.7. The molecule has 4 N–H and O–H groups in total. The van der Waals surface area contributed by atoms with Crippen LogP contribution in [-0.4, -0.2) is 23.8 Å². The third-order valence-electron chi connectivity index (χ3n) is 2.64. The smallest absolute Gasteiger partial charge is 0.289 e. The number of nitrogens with two attached hydrogens (primary N) is 1. The lowest BCUT2D eigenvalue weighted by molar-refractivity contribution is -0.139. The number of hydrogen-bond donors (Lipinski definition) is 3. The molecule has 16 heavy (non-hydrogen) atoms. The van der Waals surface area contributed by atoms with Gasteiger partial charge in [0, 0.05) is 6.04 Å². The zero-order valence-corrected chi connectivity index (χ0v) is 10.4. The van der Waals surface area contributed by atoms with Crippen molar-refractivity contribution >= 4 is 11.7 Å². The average molecular weight is 229 g/mol. The van der Waals surface area contributed by atoms with Crippen molar-refractivity contribution in [3.05, 3.63) is 0 Å². The van der Waals surface area contributed by atoms with Gasteiger partial charge in [0.05, 0.1) is 6.04 Å². The zero-order valence-electron chi connectivity index (χ0n) is 10.4. The van der Waals surface area contributed by atoms with E-state index in [4.69, 9.17) is 5.84 Å². The van der Waals surface area contributed by atoms with Gasteiger partial charge in [-0.25, -0.2) is 5.43 Å². The largest absolute Gasteiger partial charge is 0.347 e. The first kappa shape index (κ1) is 15.1. The van der Waals surface area contributed by atoms with E-state index in [-0.39, 0.29) is 6.04 Å². The van der Waals surface area contributed by atoms with Crippen LogP contribution in [0.4, 0.5) is 0 Å². The summed E-state index contributed by atoms with van der Waals surface area (Å²) >= 11 is 0. The van der Waals surface area contributed by atoms with Crippen LogP contribution in [-0.2, 0) is 9.59 Å². The molecule has 0 radical (unpaired) electrons. The Morgan fingerprint density at radius 1 is 1.19 bits per heavy atom. The van der Waals surface area contributed by atoms with Crippen molar-refractivity contribution in [1.82, 2.24) is 10.7 Å². The molecule has 0 aromatic heterocycles. The van der Waals surface area contributed by atoms with Crippen molar-refractivity contribution < 1.29 is 9.59 Å². The van der Waals surface area contributed by atoms with Crippen molar-refractivity contribution in [3.8, 4) is 0 Å². The molecule has 1 amide bonds. The van der Waals surface area contributed by atoms with E-state index in [1.54, 1.807) is 0 Å². The number of Topliss-reactive ketones (excluding diaryl/α,β-unsaturated/α-hetero) is 1. The summed E-state index contributed by atoms with van der Waals surface area (Å²) in [5, 5.41) is 2.71. The summed E-state index contributed by atoms with van der Waals surface area (Å²) in [6.45, 7) is 5.89. The predicted octanol–water partition coefficient (Wildman–Crippen LogP) is 0.492. The Morgan fingerprint density at radius 2 is 1.75 bits per heavy atom. The van der Waals surface area contributed by atoms with Crippen molar-refractivity contribution in [3.63, 3.8) is 0 Å². The number of hydrogen-bond acceptors (Lipinski definition) is 4. The van der Waals surface area contributed by atoms with E-state index in [0.717, 1.165) is 19.3 Å². The predicted molar refractivity (Wildman–Crippen MR) is 63.5 cm³/mol. The minimum atomic E-state index is -0.570. The topological polar surface area (TPSA) is 84.2 Å². The molecule has 0 spiro atoms. The van der Waals surface area contributed by atoms with Crippen LogP contribution in [0.15, 0.2) is 0 Å². The molecule has 0 rings (SSSR count). The molecule has 0 saturated carbocycles. The molecule has 0 aliphatic carbocycles. The molecule has 5 nitrogen and oxygen atoms in total. The number of hydrazine groups is 1. The lowest BCUT2D eigenvalue weighted by Crippen LogP contribution is -2.49. The van der Waals surface area contributed by atoms with Gasteiger partial charge >= 0.3 is 0 Å². The fourth-order valence-electron chi connectivity index (χ4n) is 1.49. The van der Waals surface area contributed by atoms with E-state index < -0.39 is 17.7 Å².